The number of aliphatic hydroxyl groups is 1. The molecule has 0 amide bonds. The smallest absolute Gasteiger partial charge is 0.196 e. The van der Waals surface area contributed by atoms with Crippen LogP contribution in [0.15, 0.2) is 83.7 Å². The van der Waals surface area contributed by atoms with Crippen LogP contribution in [0.2, 0.25) is 0 Å². The number of rotatable bonds is 6. The minimum absolute atomic E-state index is 0.0764. The van der Waals surface area contributed by atoms with Gasteiger partial charge in [-0.05, 0) is 49.2 Å². The van der Waals surface area contributed by atoms with E-state index in [0.717, 1.165) is 27.8 Å². The van der Waals surface area contributed by atoms with Gasteiger partial charge in [0.1, 0.15) is 17.4 Å². The Balaban J connectivity index is 1.51. The molecule has 0 aliphatic heterocycles. The van der Waals surface area contributed by atoms with Crippen molar-refractivity contribution in [1.29, 1.82) is 5.26 Å². The number of allylic oxidation sites excluding steroid dienone is 1. The molecule has 5 rings (SSSR count). The maximum atomic E-state index is 10.8. The van der Waals surface area contributed by atoms with E-state index >= 15 is 0 Å². The Morgan fingerprint density at radius 3 is 2.51 bits per heavy atom. The number of aryl methyl sites for hydroxylation is 2. The molecule has 2 aromatic heterocycles. The van der Waals surface area contributed by atoms with E-state index < -0.39 is 0 Å². The lowest BCUT2D eigenvalue weighted by atomic mass is 10.1. The number of hydrogen-bond acceptors (Lipinski definition) is 6. The van der Waals surface area contributed by atoms with Crippen molar-refractivity contribution in [2.75, 3.05) is 5.75 Å². The first-order chi connectivity index (χ1) is 17.0. The molecular weight excluding hydrogens is 456 g/mol. The fourth-order valence-corrected chi connectivity index (χ4v) is 4.60. The number of nitriles is 1. The van der Waals surface area contributed by atoms with E-state index in [4.69, 9.17) is 0 Å². The van der Waals surface area contributed by atoms with E-state index in [1.807, 2.05) is 65.2 Å². The van der Waals surface area contributed by atoms with Gasteiger partial charge in [-0.15, -0.1) is 10.2 Å². The van der Waals surface area contributed by atoms with Crippen LogP contribution >= 0.6 is 11.8 Å². The predicted octanol–water partition coefficient (Wildman–Crippen LogP) is 6.01. The van der Waals surface area contributed by atoms with Gasteiger partial charge in [0, 0.05) is 5.56 Å². The van der Waals surface area contributed by atoms with Crippen LogP contribution in [-0.4, -0.2) is 35.6 Å². The number of nitrogens with zero attached hydrogens (tertiary/aromatic N) is 5. The van der Waals surface area contributed by atoms with E-state index in [1.165, 1.54) is 17.3 Å². The molecule has 2 heterocycles. The number of thioether (sulfide) groups is 1. The molecule has 0 fully saturated rings. The Hall–Kier alpha value is -4.35. The van der Waals surface area contributed by atoms with Crippen molar-refractivity contribution in [1.82, 2.24) is 24.7 Å². The fourth-order valence-electron chi connectivity index (χ4n) is 3.77. The molecule has 0 atom stereocenters. The van der Waals surface area contributed by atoms with Crippen LogP contribution in [0.4, 0.5) is 0 Å². The number of aromatic amines is 1. The summed E-state index contributed by atoms with van der Waals surface area (Å²) in [6, 6.07) is 25.6. The molecule has 0 bridgehead atoms. The molecule has 172 valence electrons. The quantitative estimate of drug-likeness (QED) is 0.176. The zero-order valence-electron chi connectivity index (χ0n) is 19.2. The molecule has 0 aliphatic carbocycles. The molecule has 0 saturated heterocycles. The van der Waals surface area contributed by atoms with Gasteiger partial charge < -0.3 is 10.1 Å². The van der Waals surface area contributed by atoms with Gasteiger partial charge in [-0.2, -0.15) is 5.26 Å². The average molecular weight is 479 g/mol. The van der Waals surface area contributed by atoms with Gasteiger partial charge in [0.2, 0.25) is 0 Å². The van der Waals surface area contributed by atoms with E-state index in [1.54, 1.807) is 0 Å². The minimum atomic E-state index is -0.0764. The number of aliphatic hydroxyl groups excluding tert-OH is 1. The number of hydrogen-bond donors (Lipinski definition) is 2. The monoisotopic (exact) mass is 478 g/mol. The molecule has 0 aliphatic rings. The number of para-hydroxylation sites is 2. The van der Waals surface area contributed by atoms with E-state index in [0.29, 0.717) is 16.8 Å². The number of H-pyrrole nitrogens is 1. The molecule has 0 radical (unpaired) electrons. The highest BCUT2D eigenvalue weighted by Gasteiger charge is 2.19. The molecular formula is C27H22N6OS. The topological polar surface area (TPSA) is 103 Å². The van der Waals surface area contributed by atoms with Crippen molar-refractivity contribution in [3.63, 3.8) is 0 Å². The Bertz CT molecular complexity index is 1560. The number of nitrogens with one attached hydrogen (secondary N) is 1. The Morgan fingerprint density at radius 2 is 1.77 bits per heavy atom. The van der Waals surface area contributed by atoms with Crippen molar-refractivity contribution >= 4 is 28.4 Å². The first kappa shape index (κ1) is 22.4. The summed E-state index contributed by atoms with van der Waals surface area (Å²) in [7, 11) is 0. The molecule has 5 aromatic rings. The Morgan fingerprint density at radius 1 is 1.00 bits per heavy atom. The summed E-state index contributed by atoms with van der Waals surface area (Å²) in [4.78, 5) is 7.55. The Labute approximate surface area is 206 Å². The second-order valence-electron chi connectivity index (χ2n) is 8.10. The second-order valence-corrected chi connectivity index (χ2v) is 9.04. The summed E-state index contributed by atoms with van der Waals surface area (Å²) in [5, 5.41) is 30.1. The molecule has 3 aromatic carbocycles. The number of aromatic nitrogens is 5. The van der Waals surface area contributed by atoms with Gasteiger partial charge in [0.15, 0.2) is 16.8 Å². The van der Waals surface area contributed by atoms with Gasteiger partial charge in [-0.25, -0.2) is 4.98 Å². The van der Waals surface area contributed by atoms with Crippen molar-refractivity contribution in [2.45, 2.75) is 19.0 Å². The van der Waals surface area contributed by atoms with Crippen molar-refractivity contribution in [3.05, 3.63) is 95.5 Å². The molecule has 2 N–H and O–H groups in total. The fraction of sp³-hybridized carbons (Fsp3) is 0.111. The number of benzene rings is 3. The lowest BCUT2D eigenvalue weighted by Crippen LogP contribution is -2.02. The molecule has 0 unspecified atom stereocenters. The van der Waals surface area contributed by atoms with Crippen molar-refractivity contribution in [2.24, 2.45) is 0 Å². The first-order valence-corrected chi connectivity index (χ1v) is 12.0. The van der Waals surface area contributed by atoms with Gasteiger partial charge in [0.25, 0.3) is 0 Å². The van der Waals surface area contributed by atoms with Crippen LogP contribution in [0.25, 0.3) is 33.7 Å². The summed E-state index contributed by atoms with van der Waals surface area (Å²) in [5.74, 6) is 1.11. The van der Waals surface area contributed by atoms with Crippen LogP contribution in [0.5, 0.6) is 0 Å². The van der Waals surface area contributed by atoms with E-state index in [2.05, 4.69) is 52.2 Å². The van der Waals surface area contributed by atoms with E-state index in [9.17, 15) is 10.4 Å². The standard InChI is InChI=1S/C27H22N6OS/c1-17-12-13-20(14-18(17)2)33-26(19-8-4-3-5-9-19)31-32-27(33)35-16-24(34)21(15-28)25-29-22-10-6-7-11-23(22)30-25/h3-14,34H,16H2,1-2H3,(H,29,30)/b24-21-. The SMILES string of the molecule is Cc1ccc(-n2c(SC/C(O)=C(\C#N)c3nc4ccccc4[nH]3)nnc2-c2ccccc2)cc1C. The number of fused-ring (bicyclic) bond motifs is 1. The highest BCUT2D eigenvalue weighted by atomic mass is 32.2. The normalized spacial score (nSPS) is 11.9. The van der Waals surface area contributed by atoms with Gasteiger partial charge >= 0.3 is 0 Å². The van der Waals surface area contributed by atoms with Crippen molar-refractivity contribution in [3.8, 4) is 23.1 Å². The lowest BCUT2D eigenvalue weighted by Gasteiger charge is -2.12. The third kappa shape index (κ3) is 4.42. The van der Waals surface area contributed by atoms with Crippen LogP contribution in [0.3, 0.4) is 0 Å². The maximum Gasteiger partial charge on any atom is 0.196 e. The Kier molecular flexibility index (Phi) is 6.08. The number of imidazole rings is 1. The van der Waals surface area contributed by atoms with Crippen LogP contribution in [0, 0.1) is 25.2 Å². The zero-order chi connectivity index (χ0) is 24.4. The molecule has 8 heteroatoms. The zero-order valence-corrected chi connectivity index (χ0v) is 20.0. The maximum absolute atomic E-state index is 10.8. The summed E-state index contributed by atoms with van der Waals surface area (Å²) in [6.45, 7) is 4.14. The summed E-state index contributed by atoms with van der Waals surface area (Å²) in [6.07, 6.45) is 0. The van der Waals surface area contributed by atoms with E-state index in [-0.39, 0.29) is 17.1 Å². The molecule has 35 heavy (non-hydrogen) atoms. The van der Waals surface area contributed by atoms with Crippen LogP contribution in [0.1, 0.15) is 17.0 Å². The van der Waals surface area contributed by atoms with Gasteiger partial charge in [0.05, 0.1) is 22.5 Å². The van der Waals surface area contributed by atoms with Crippen LogP contribution < -0.4 is 0 Å². The minimum Gasteiger partial charge on any atom is -0.510 e. The third-order valence-corrected chi connectivity index (χ3v) is 6.72. The van der Waals surface area contributed by atoms with Crippen molar-refractivity contribution < 1.29 is 5.11 Å². The summed E-state index contributed by atoms with van der Waals surface area (Å²) < 4.78 is 1.98. The molecule has 0 saturated carbocycles. The predicted molar refractivity (Wildman–Crippen MR) is 138 cm³/mol. The first-order valence-electron chi connectivity index (χ1n) is 11.0. The molecule has 0 spiro atoms. The second kappa shape index (κ2) is 9.49. The lowest BCUT2D eigenvalue weighted by molar-refractivity contribution is 0.420. The summed E-state index contributed by atoms with van der Waals surface area (Å²) in [5.41, 5.74) is 5.86. The molecule has 7 nitrogen and oxygen atoms in total. The average Bonchev–Trinajstić information content (AvgIpc) is 3.50. The largest absolute Gasteiger partial charge is 0.510 e. The van der Waals surface area contributed by atoms with Crippen LogP contribution in [-0.2, 0) is 0 Å². The third-order valence-electron chi connectivity index (χ3n) is 5.78. The van der Waals surface area contributed by atoms with Gasteiger partial charge in [-0.3, -0.25) is 4.57 Å². The van der Waals surface area contributed by atoms with Gasteiger partial charge in [-0.1, -0.05) is 60.3 Å². The highest BCUT2D eigenvalue weighted by Crippen LogP contribution is 2.30. The highest BCUT2D eigenvalue weighted by molar-refractivity contribution is 7.99. The summed E-state index contributed by atoms with van der Waals surface area (Å²) >= 11 is 1.31.